The standard InChI is InChI=1S/C37H32BrClFN3O6/c1-37-27(34(46)43(36(37)48)22-7-10-29(40)28(39)17-22)18-25-23(32(37)26-16-19(38)2-11-30(26)44)8-9-24-31(25)35(47)42(33(24)45)21-5-3-20(4-6-21)41-12-14-49-15-13-41/h2-8,10-11,16-17,24-25,27,31-32,44H,9,12-15,18H2,1H3/t24-,25+,27-,31-,32+,37+/m0/s1. The van der Waals surface area contributed by atoms with Crippen molar-refractivity contribution in [2.45, 2.75) is 25.7 Å². The highest BCUT2D eigenvalue weighted by atomic mass is 79.9. The first kappa shape index (κ1) is 32.2. The SMILES string of the molecule is C[C@@]12C(=O)N(c3ccc(F)c(Cl)c3)C(=O)[C@@H]1C[C@@H]1C(=CC[C@@H]3C(=O)N(c4ccc(N5CCOCC5)cc4)C(=O)[C@@H]31)[C@@H]2c1cc(Br)ccc1O. The number of allylic oxidation sites excluding steroid dienone is 2. The first-order valence-electron chi connectivity index (χ1n) is 16.3. The number of aromatic hydroxyl groups is 1. The Kier molecular flexibility index (Phi) is 7.73. The Bertz CT molecular complexity index is 1970. The van der Waals surface area contributed by atoms with Crippen LogP contribution in [0.3, 0.4) is 0 Å². The van der Waals surface area contributed by atoms with Crippen molar-refractivity contribution in [1.82, 2.24) is 0 Å². The van der Waals surface area contributed by atoms with Crippen LogP contribution in [-0.4, -0.2) is 55.0 Å². The molecular formula is C37H32BrClFN3O6. The Morgan fingerprint density at radius 2 is 1.57 bits per heavy atom. The van der Waals surface area contributed by atoms with E-state index >= 15 is 0 Å². The largest absolute Gasteiger partial charge is 0.508 e. The van der Waals surface area contributed by atoms with E-state index in [0.29, 0.717) is 28.9 Å². The maximum atomic E-state index is 14.6. The third kappa shape index (κ3) is 4.80. The molecule has 2 aliphatic carbocycles. The molecule has 12 heteroatoms. The zero-order valence-electron chi connectivity index (χ0n) is 26.4. The lowest BCUT2D eigenvalue weighted by atomic mass is 9.51. The van der Waals surface area contributed by atoms with Crippen LogP contribution in [0.4, 0.5) is 21.5 Å². The lowest BCUT2D eigenvalue weighted by Crippen LogP contribution is -2.48. The second-order valence-electron chi connectivity index (χ2n) is 13.6. The van der Waals surface area contributed by atoms with Crippen molar-refractivity contribution in [2.24, 2.45) is 29.1 Å². The molecule has 1 N–H and O–H groups in total. The lowest BCUT2D eigenvalue weighted by molar-refractivity contribution is -0.131. The van der Waals surface area contributed by atoms with Crippen LogP contribution in [0.5, 0.6) is 5.75 Å². The molecule has 6 atom stereocenters. The summed E-state index contributed by atoms with van der Waals surface area (Å²) in [5.41, 5.74) is 1.42. The Morgan fingerprint density at radius 1 is 0.878 bits per heavy atom. The number of imide groups is 2. The van der Waals surface area contributed by atoms with Crippen LogP contribution in [0.1, 0.15) is 31.2 Å². The number of carbonyl (C=O) groups is 4. The first-order chi connectivity index (χ1) is 23.5. The van der Waals surface area contributed by atoms with Gasteiger partial charge >= 0.3 is 0 Å². The second-order valence-corrected chi connectivity index (χ2v) is 14.9. The van der Waals surface area contributed by atoms with Gasteiger partial charge in [0.15, 0.2) is 0 Å². The van der Waals surface area contributed by atoms with Gasteiger partial charge in [0.25, 0.3) is 0 Å². The monoisotopic (exact) mass is 747 g/mol. The molecular weight excluding hydrogens is 717 g/mol. The van der Waals surface area contributed by atoms with E-state index in [1.807, 2.05) is 18.2 Å². The Labute approximate surface area is 295 Å². The number of rotatable bonds is 4. The number of anilines is 3. The average Bonchev–Trinajstić information content (AvgIpc) is 3.47. The zero-order chi connectivity index (χ0) is 34.4. The van der Waals surface area contributed by atoms with E-state index < -0.39 is 52.6 Å². The first-order valence-corrected chi connectivity index (χ1v) is 17.5. The fraction of sp³-hybridized carbons (Fsp3) is 0.351. The molecule has 252 valence electrons. The smallest absolute Gasteiger partial charge is 0.241 e. The summed E-state index contributed by atoms with van der Waals surface area (Å²) in [5, 5.41) is 11.0. The van der Waals surface area contributed by atoms with Gasteiger partial charge < -0.3 is 14.7 Å². The number of halogens is 3. The van der Waals surface area contributed by atoms with Crippen LogP contribution in [0, 0.1) is 34.9 Å². The second kappa shape index (κ2) is 11.8. The number of fused-ring (bicyclic) bond motifs is 4. The minimum Gasteiger partial charge on any atom is -0.508 e. The van der Waals surface area contributed by atoms with Crippen molar-refractivity contribution in [3.05, 3.63) is 93.2 Å². The molecule has 3 saturated heterocycles. The molecule has 3 aromatic rings. The molecule has 4 fully saturated rings. The summed E-state index contributed by atoms with van der Waals surface area (Å²) in [5.74, 6) is -6.04. The van der Waals surface area contributed by atoms with Gasteiger partial charge in [0, 0.05) is 34.7 Å². The predicted octanol–water partition coefficient (Wildman–Crippen LogP) is 6.22. The normalized spacial score (nSPS) is 29.6. The third-order valence-electron chi connectivity index (χ3n) is 11.2. The number of ether oxygens (including phenoxy) is 1. The molecule has 0 radical (unpaired) electrons. The summed E-state index contributed by atoms with van der Waals surface area (Å²) >= 11 is 9.59. The summed E-state index contributed by atoms with van der Waals surface area (Å²) in [4.78, 5) is 61.8. The highest BCUT2D eigenvalue weighted by Gasteiger charge is 2.68. The summed E-state index contributed by atoms with van der Waals surface area (Å²) in [6, 6.07) is 16.0. The minimum absolute atomic E-state index is 0.0591. The summed E-state index contributed by atoms with van der Waals surface area (Å²) in [7, 11) is 0. The average molecular weight is 749 g/mol. The number of phenols is 1. The number of phenolic OH excluding ortho intramolecular Hbond substituents is 1. The van der Waals surface area contributed by atoms with Gasteiger partial charge in [-0.05, 0) is 86.3 Å². The van der Waals surface area contributed by atoms with Crippen LogP contribution in [0.25, 0.3) is 0 Å². The van der Waals surface area contributed by atoms with Crippen molar-refractivity contribution >= 4 is 68.2 Å². The summed E-state index contributed by atoms with van der Waals surface area (Å²) < 4.78 is 20.3. The van der Waals surface area contributed by atoms with Gasteiger partial charge in [-0.15, -0.1) is 0 Å². The molecule has 3 aromatic carbocycles. The molecule has 0 unspecified atom stereocenters. The lowest BCUT2D eigenvalue weighted by Gasteiger charge is -2.49. The molecule has 1 saturated carbocycles. The topological polar surface area (TPSA) is 107 Å². The number of amides is 4. The Balaban J connectivity index is 1.20. The minimum atomic E-state index is -1.37. The maximum Gasteiger partial charge on any atom is 0.241 e. The van der Waals surface area contributed by atoms with Crippen LogP contribution in [0.15, 0.2) is 76.8 Å². The number of hydrogen-bond acceptors (Lipinski definition) is 7. The van der Waals surface area contributed by atoms with Gasteiger partial charge in [-0.2, -0.15) is 0 Å². The van der Waals surface area contributed by atoms with E-state index in [2.05, 4.69) is 20.8 Å². The molecule has 0 spiro atoms. The number of carbonyl (C=O) groups excluding carboxylic acids is 4. The molecule has 9 nitrogen and oxygen atoms in total. The molecule has 3 heterocycles. The Hall–Kier alpha value is -4.06. The molecule has 0 bridgehead atoms. The predicted molar refractivity (Wildman–Crippen MR) is 184 cm³/mol. The highest BCUT2D eigenvalue weighted by Crippen LogP contribution is 2.64. The highest BCUT2D eigenvalue weighted by molar-refractivity contribution is 9.10. The molecule has 4 amide bonds. The summed E-state index contributed by atoms with van der Waals surface area (Å²) in [6.45, 7) is 4.49. The van der Waals surface area contributed by atoms with Crippen molar-refractivity contribution in [2.75, 3.05) is 41.0 Å². The van der Waals surface area contributed by atoms with Gasteiger partial charge in [0.2, 0.25) is 23.6 Å². The van der Waals surface area contributed by atoms with Crippen LogP contribution in [0.2, 0.25) is 5.02 Å². The molecule has 0 aromatic heterocycles. The van der Waals surface area contributed by atoms with E-state index in [9.17, 15) is 28.7 Å². The number of nitrogens with zero attached hydrogens (tertiary/aromatic N) is 3. The van der Waals surface area contributed by atoms with E-state index in [0.717, 1.165) is 35.3 Å². The van der Waals surface area contributed by atoms with Crippen molar-refractivity contribution in [3.63, 3.8) is 0 Å². The third-order valence-corrected chi connectivity index (χ3v) is 12.0. The molecule has 49 heavy (non-hydrogen) atoms. The number of hydrogen-bond donors (Lipinski definition) is 1. The fourth-order valence-electron chi connectivity index (χ4n) is 8.87. The summed E-state index contributed by atoms with van der Waals surface area (Å²) in [6.07, 6.45) is 2.35. The van der Waals surface area contributed by atoms with Crippen LogP contribution >= 0.6 is 27.5 Å². The van der Waals surface area contributed by atoms with Crippen LogP contribution < -0.4 is 14.7 Å². The van der Waals surface area contributed by atoms with Crippen molar-refractivity contribution in [3.8, 4) is 5.75 Å². The van der Waals surface area contributed by atoms with E-state index in [1.165, 1.54) is 23.1 Å². The van der Waals surface area contributed by atoms with E-state index in [-0.39, 0.29) is 41.1 Å². The fourth-order valence-corrected chi connectivity index (χ4v) is 9.43. The number of benzene rings is 3. The maximum absolute atomic E-state index is 14.6. The zero-order valence-corrected chi connectivity index (χ0v) is 28.8. The van der Waals surface area contributed by atoms with Crippen molar-refractivity contribution in [1.29, 1.82) is 0 Å². The van der Waals surface area contributed by atoms with Gasteiger partial charge in [-0.1, -0.05) is 39.2 Å². The van der Waals surface area contributed by atoms with E-state index in [4.69, 9.17) is 16.3 Å². The van der Waals surface area contributed by atoms with E-state index in [1.54, 1.807) is 31.2 Å². The van der Waals surface area contributed by atoms with Crippen molar-refractivity contribution < 1.29 is 33.4 Å². The van der Waals surface area contributed by atoms with Gasteiger partial charge in [0.1, 0.15) is 11.6 Å². The molecule has 8 rings (SSSR count). The number of morpholine rings is 1. The molecule has 3 aliphatic heterocycles. The van der Waals surface area contributed by atoms with Gasteiger partial charge in [0.05, 0.1) is 52.8 Å². The van der Waals surface area contributed by atoms with Gasteiger partial charge in [-0.25, -0.2) is 9.29 Å². The van der Waals surface area contributed by atoms with Gasteiger partial charge in [-0.3, -0.25) is 24.1 Å². The van der Waals surface area contributed by atoms with Crippen LogP contribution in [-0.2, 0) is 23.9 Å². The quantitative estimate of drug-likeness (QED) is 0.250. The molecule has 5 aliphatic rings. The Morgan fingerprint density at radius 3 is 2.29 bits per heavy atom.